The Morgan fingerprint density at radius 3 is 3.08 bits per heavy atom. The number of hydrogen-bond donors (Lipinski definition) is 1. The first-order valence-electron chi connectivity index (χ1n) is 4.40. The van der Waals surface area contributed by atoms with E-state index in [-0.39, 0.29) is 11.9 Å². The molecule has 1 atom stereocenters. The number of rotatable bonds is 3. The highest BCUT2D eigenvalue weighted by Gasteiger charge is 2.25. The summed E-state index contributed by atoms with van der Waals surface area (Å²) in [5.74, 6) is 0.219. The lowest BCUT2D eigenvalue weighted by Gasteiger charge is -2.34. The van der Waals surface area contributed by atoms with Crippen molar-refractivity contribution < 1.29 is 4.79 Å². The molecule has 0 aliphatic carbocycles. The van der Waals surface area contributed by atoms with E-state index >= 15 is 0 Å². The van der Waals surface area contributed by atoms with Gasteiger partial charge < -0.3 is 10.6 Å². The summed E-state index contributed by atoms with van der Waals surface area (Å²) >= 11 is 0. The quantitative estimate of drug-likeness (QED) is 0.624. The molecule has 3 nitrogen and oxygen atoms in total. The molecule has 0 bridgehead atoms. The topological polar surface area (TPSA) is 46.3 Å². The smallest absolute Gasteiger partial charge is 0.223 e. The molecule has 1 aliphatic heterocycles. The molecule has 12 heavy (non-hydrogen) atoms. The van der Waals surface area contributed by atoms with Gasteiger partial charge in [-0.1, -0.05) is 6.08 Å². The number of nitrogens with two attached hydrogens (primary N) is 1. The van der Waals surface area contributed by atoms with Crippen LogP contribution in [-0.2, 0) is 4.79 Å². The van der Waals surface area contributed by atoms with Crippen molar-refractivity contribution >= 4 is 5.91 Å². The fourth-order valence-electron chi connectivity index (χ4n) is 1.63. The minimum atomic E-state index is 0.219. The molecule has 1 heterocycles. The molecule has 0 saturated carbocycles. The molecule has 1 fully saturated rings. The van der Waals surface area contributed by atoms with Gasteiger partial charge in [0.05, 0.1) is 0 Å². The van der Waals surface area contributed by atoms with Gasteiger partial charge in [0.15, 0.2) is 0 Å². The molecule has 68 valence electrons. The van der Waals surface area contributed by atoms with Crippen molar-refractivity contribution in [2.75, 3.05) is 13.1 Å². The third kappa shape index (κ3) is 1.85. The molecular weight excluding hydrogens is 152 g/mol. The lowest BCUT2D eigenvalue weighted by molar-refractivity contribution is -0.135. The Labute approximate surface area is 73.2 Å². The van der Waals surface area contributed by atoms with Gasteiger partial charge in [-0.3, -0.25) is 4.79 Å². The van der Waals surface area contributed by atoms with E-state index in [1.807, 2.05) is 4.90 Å². The second-order valence-corrected chi connectivity index (χ2v) is 3.12. The third-order valence-electron chi connectivity index (χ3n) is 2.29. The standard InChI is InChI=1S/C9H16N2O/c1-2-6-11-8(7-10)4-3-5-9(11)12/h2,8H,1,3-7,10H2. The molecular formula is C9H16N2O. The average Bonchev–Trinajstić information content (AvgIpc) is 2.09. The van der Waals surface area contributed by atoms with Gasteiger partial charge in [-0.25, -0.2) is 0 Å². The summed E-state index contributed by atoms with van der Waals surface area (Å²) in [7, 11) is 0. The zero-order valence-electron chi connectivity index (χ0n) is 7.33. The largest absolute Gasteiger partial charge is 0.335 e. The van der Waals surface area contributed by atoms with Gasteiger partial charge in [-0.2, -0.15) is 0 Å². The molecule has 2 N–H and O–H groups in total. The first-order valence-corrected chi connectivity index (χ1v) is 4.40. The Morgan fingerprint density at radius 2 is 2.50 bits per heavy atom. The highest BCUT2D eigenvalue weighted by atomic mass is 16.2. The number of hydrogen-bond acceptors (Lipinski definition) is 2. The van der Waals surface area contributed by atoms with Crippen molar-refractivity contribution in [1.82, 2.24) is 4.90 Å². The van der Waals surface area contributed by atoms with Crippen LogP contribution in [0.5, 0.6) is 0 Å². The normalized spacial score (nSPS) is 24.2. The maximum absolute atomic E-state index is 11.4. The van der Waals surface area contributed by atoms with Crippen LogP contribution in [0.2, 0.25) is 0 Å². The fourth-order valence-corrected chi connectivity index (χ4v) is 1.63. The van der Waals surface area contributed by atoms with Crippen molar-refractivity contribution in [3.8, 4) is 0 Å². The summed E-state index contributed by atoms with van der Waals surface area (Å²) in [4.78, 5) is 13.2. The maximum atomic E-state index is 11.4. The second-order valence-electron chi connectivity index (χ2n) is 3.12. The molecule has 1 rings (SSSR count). The summed E-state index contributed by atoms with van der Waals surface area (Å²) in [6.45, 7) is 4.83. The van der Waals surface area contributed by atoms with E-state index in [1.54, 1.807) is 6.08 Å². The minimum absolute atomic E-state index is 0.219. The Kier molecular flexibility index (Phi) is 3.29. The minimum Gasteiger partial charge on any atom is -0.335 e. The fraction of sp³-hybridized carbons (Fsp3) is 0.667. The van der Waals surface area contributed by atoms with Crippen LogP contribution in [0.4, 0.5) is 0 Å². The summed E-state index contributed by atoms with van der Waals surface area (Å²) in [5, 5.41) is 0. The number of nitrogens with zero attached hydrogens (tertiary/aromatic N) is 1. The molecule has 1 unspecified atom stereocenters. The number of amides is 1. The van der Waals surface area contributed by atoms with Crippen LogP contribution in [0.25, 0.3) is 0 Å². The van der Waals surface area contributed by atoms with Gasteiger partial charge in [0.25, 0.3) is 0 Å². The van der Waals surface area contributed by atoms with Gasteiger partial charge in [0, 0.05) is 25.6 Å². The number of carbonyl (C=O) groups excluding carboxylic acids is 1. The molecule has 0 aromatic rings. The van der Waals surface area contributed by atoms with Gasteiger partial charge >= 0.3 is 0 Å². The summed E-state index contributed by atoms with van der Waals surface area (Å²) in [5.41, 5.74) is 5.56. The van der Waals surface area contributed by atoms with Crippen LogP contribution >= 0.6 is 0 Å². The Hall–Kier alpha value is -0.830. The van der Waals surface area contributed by atoms with Crippen LogP contribution in [-0.4, -0.2) is 29.9 Å². The van der Waals surface area contributed by atoms with Gasteiger partial charge in [-0.05, 0) is 12.8 Å². The van der Waals surface area contributed by atoms with E-state index in [4.69, 9.17) is 5.73 Å². The number of likely N-dealkylation sites (tertiary alicyclic amines) is 1. The van der Waals surface area contributed by atoms with E-state index in [9.17, 15) is 4.79 Å². The molecule has 1 saturated heterocycles. The SMILES string of the molecule is C=CCN1C(=O)CCCC1CN. The first kappa shape index (κ1) is 9.26. The first-order chi connectivity index (χ1) is 5.79. The monoisotopic (exact) mass is 168 g/mol. The highest BCUT2D eigenvalue weighted by molar-refractivity contribution is 5.77. The number of piperidine rings is 1. The number of carbonyl (C=O) groups is 1. The predicted molar refractivity (Wildman–Crippen MR) is 48.6 cm³/mol. The van der Waals surface area contributed by atoms with Crippen molar-refractivity contribution in [3.05, 3.63) is 12.7 Å². The van der Waals surface area contributed by atoms with Crippen LogP contribution in [0.3, 0.4) is 0 Å². The second kappa shape index (κ2) is 4.26. The predicted octanol–water partition coefficient (Wildman–Crippen LogP) is 0.512. The lowest BCUT2D eigenvalue weighted by Crippen LogP contribution is -2.47. The van der Waals surface area contributed by atoms with E-state index in [0.717, 1.165) is 12.8 Å². The van der Waals surface area contributed by atoms with Crippen molar-refractivity contribution in [1.29, 1.82) is 0 Å². The molecule has 1 aliphatic rings. The van der Waals surface area contributed by atoms with Crippen LogP contribution in [0, 0.1) is 0 Å². The molecule has 3 heteroatoms. The van der Waals surface area contributed by atoms with Crippen molar-refractivity contribution in [2.45, 2.75) is 25.3 Å². The Morgan fingerprint density at radius 1 is 1.75 bits per heavy atom. The van der Waals surface area contributed by atoms with Gasteiger partial charge in [0.1, 0.15) is 0 Å². The average molecular weight is 168 g/mol. The molecule has 1 amide bonds. The van der Waals surface area contributed by atoms with Crippen LogP contribution in [0.15, 0.2) is 12.7 Å². The van der Waals surface area contributed by atoms with Gasteiger partial charge in [-0.15, -0.1) is 6.58 Å². The third-order valence-corrected chi connectivity index (χ3v) is 2.29. The molecule has 0 spiro atoms. The van der Waals surface area contributed by atoms with Crippen LogP contribution < -0.4 is 5.73 Å². The maximum Gasteiger partial charge on any atom is 0.223 e. The highest BCUT2D eigenvalue weighted by Crippen LogP contribution is 2.16. The molecule has 0 radical (unpaired) electrons. The Bertz CT molecular complexity index is 179. The Balaban J connectivity index is 2.58. The molecule has 0 aromatic carbocycles. The van der Waals surface area contributed by atoms with Crippen molar-refractivity contribution in [2.24, 2.45) is 5.73 Å². The summed E-state index contributed by atoms with van der Waals surface area (Å²) in [6, 6.07) is 0.240. The summed E-state index contributed by atoms with van der Waals surface area (Å²) in [6.07, 6.45) is 4.45. The zero-order valence-corrected chi connectivity index (χ0v) is 7.33. The van der Waals surface area contributed by atoms with E-state index in [0.29, 0.717) is 19.5 Å². The molecule has 0 aromatic heterocycles. The summed E-state index contributed by atoms with van der Waals surface area (Å²) < 4.78 is 0. The zero-order chi connectivity index (χ0) is 8.97. The van der Waals surface area contributed by atoms with E-state index < -0.39 is 0 Å². The van der Waals surface area contributed by atoms with Crippen LogP contribution in [0.1, 0.15) is 19.3 Å². The van der Waals surface area contributed by atoms with E-state index in [2.05, 4.69) is 6.58 Å². The lowest BCUT2D eigenvalue weighted by atomic mass is 10.0. The van der Waals surface area contributed by atoms with Crippen molar-refractivity contribution in [3.63, 3.8) is 0 Å². The van der Waals surface area contributed by atoms with Gasteiger partial charge in [0.2, 0.25) is 5.91 Å². The van der Waals surface area contributed by atoms with E-state index in [1.165, 1.54) is 0 Å².